The SMILES string of the molecule is CC1(C)CCC(=O)c2nc3ccccc3[n+]([O-])c2-c2ccccc2C(=O)O1. The number of aromatic nitrogens is 2. The van der Waals surface area contributed by atoms with Crippen molar-refractivity contribution in [3.8, 4) is 11.3 Å². The molecule has 0 radical (unpaired) electrons. The maximum absolute atomic E-state index is 13.2. The van der Waals surface area contributed by atoms with Crippen molar-refractivity contribution in [2.24, 2.45) is 0 Å². The van der Waals surface area contributed by atoms with E-state index >= 15 is 0 Å². The lowest BCUT2D eigenvalue weighted by molar-refractivity contribution is -0.565. The molecule has 1 aliphatic rings. The number of hydrogen-bond donors (Lipinski definition) is 0. The highest BCUT2D eigenvalue weighted by Crippen LogP contribution is 2.31. The highest BCUT2D eigenvalue weighted by molar-refractivity contribution is 6.04. The first-order valence-corrected chi connectivity index (χ1v) is 8.76. The Morgan fingerprint density at radius 3 is 2.48 bits per heavy atom. The van der Waals surface area contributed by atoms with Gasteiger partial charge in [0.15, 0.2) is 11.5 Å². The largest absolute Gasteiger partial charge is 0.618 e. The Hall–Kier alpha value is -3.28. The predicted octanol–water partition coefficient (Wildman–Crippen LogP) is 3.45. The molecular formula is C21H18N2O4. The molecule has 136 valence electrons. The molecule has 0 atom stereocenters. The molecule has 6 heteroatoms. The molecule has 0 saturated heterocycles. The minimum absolute atomic E-state index is 0.0849. The minimum atomic E-state index is -0.804. The van der Waals surface area contributed by atoms with Gasteiger partial charge in [-0.2, -0.15) is 4.73 Å². The molecule has 2 aromatic carbocycles. The van der Waals surface area contributed by atoms with Crippen LogP contribution < -0.4 is 4.73 Å². The summed E-state index contributed by atoms with van der Waals surface area (Å²) in [4.78, 5) is 30.2. The topological polar surface area (TPSA) is 83.2 Å². The van der Waals surface area contributed by atoms with Crippen LogP contribution in [-0.4, -0.2) is 22.3 Å². The van der Waals surface area contributed by atoms with Crippen molar-refractivity contribution in [1.82, 2.24) is 4.98 Å². The van der Waals surface area contributed by atoms with Gasteiger partial charge < -0.3 is 9.94 Å². The number of benzene rings is 2. The van der Waals surface area contributed by atoms with Gasteiger partial charge in [-0.1, -0.05) is 24.3 Å². The van der Waals surface area contributed by atoms with Crippen LogP contribution in [0.3, 0.4) is 0 Å². The number of carbonyl (C=O) groups excluding carboxylic acids is 2. The zero-order chi connectivity index (χ0) is 19.2. The Kier molecular flexibility index (Phi) is 3.91. The van der Waals surface area contributed by atoms with E-state index in [0.29, 0.717) is 27.7 Å². The van der Waals surface area contributed by atoms with Gasteiger partial charge in [-0.3, -0.25) is 4.79 Å². The van der Waals surface area contributed by atoms with Gasteiger partial charge >= 0.3 is 5.97 Å². The van der Waals surface area contributed by atoms with Gasteiger partial charge in [-0.15, -0.1) is 0 Å². The standard InChI is InChI=1S/C21H18N2O4/c1-21(2)12-11-17(24)18-19(13-7-3-4-8-14(13)20(25)27-21)23(26)16-10-6-5-9-15(16)22-18/h3-10H,11-12H2,1-2H3. The summed E-state index contributed by atoms with van der Waals surface area (Å²) in [6, 6.07) is 13.5. The number of fused-ring (bicyclic) bond motifs is 4. The van der Waals surface area contributed by atoms with Crippen LogP contribution in [0.2, 0.25) is 0 Å². The zero-order valence-corrected chi connectivity index (χ0v) is 15.1. The fourth-order valence-corrected chi connectivity index (χ4v) is 3.31. The fourth-order valence-electron chi connectivity index (χ4n) is 3.31. The lowest BCUT2D eigenvalue weighted by Gasteiger charge is -2.26. The molecule has 0 aliphatic carbocycles. The number of cyclic esters (lactones) is 1. The molecule has 0 bridgehead atoms. The van der Waals surface area contributed by atoms with Crippen LogP contribution in [0.5, 0.6) is 0 Å². The first-order chi connectivity index (χ1) is 12.9. The van der Waals surface area contributed by atoms with Gasteiger partial charge in [0.2, 0.25) is 5.52 Å². The summed E-state index contributed by atoms with van der Waals surface area (Å²) in [5.41, 5.74) is 0.731. The summed E-state index contributed by atoms with van der Waals surface area (Å²) in [5, 5.41) is 13.2. The van der Waals surface area contributed by atoms with Gasteiger partial charge in [0, 0.05) is 12.5 Å². The van der Waals surface area contributed by atoms with E-state index in [1.807, 2.05) is 0 Å². The molecule has 1 aliphatic heterocycles. The van der Waals surface area contributed by atoms with E-state index < -0.39 is 11.6 Å². The molecule has 0 saturated carbocycles. The van der Waals surface area contributed by atoms with Crippen molar-refractivity contribution in [2.75, 3.05) is 0 Å². The minimum Gasteiger partial charge on any atom is -0.618 e. The van der Waals surface area contributed by atoms with Gasteiger partial charge in [0.05, 0.1) is 11.1 Å². The summed E-state index contributed by atoms with van der Waals surface area (Å²) in [6.45, 7) is 3.54. The van der Waals surface area contributed by atoms with Gasteiger partial charge in [-0.05, 0) is 38.5 Å². The van der Waals surface area contributed by atoms with Crippen LogP contribution >= 0.6 is 0 Å². The number of para-hydroxylation sites is 2. The molecular weight excluding hydrogens is 344 g/mol. The zero-order valence-electron chi connectivity index (χ0n) is 15.1. The molecule has 0 amide bonds. The number of esters is 1. The molecule has 0 spiro atoms. The quantitative estimate of drug-likeness (QED) is 0.347. The molecule has 6 nitrogen and oxygen atoms in total. The second-order valence-electron chi connectivity index (χ2n) is 7.21. The third-order valence-corrected chi connectivity index (χ3v) is 4.75. The van der Waals surface area contributed by atoms with Crippen LogP contribution in [0.1, 0.15) is 47.5 Å². The maximum atomic E-state index is 13.2. The smallest absolute Gasteiger partial charge is 0.339 e. The van der Waals surface area contributed by atoms with Crippen LogP contribution in [0.4, 0.5) is 0 Å². The monoisotopic (exact) mass is 362 g/mol. The van der Waals surface area contributed by atoms with Crippen molar-refractivity contribution >= 4 is 22.8 Å². The van der Waals surface area contributed by atoms with Gasteiger partial charge in [-0.25, -0.2) is 9.78 Å². The van der Waals surface area contributed by atoms with E-state index in [1.165, 1.54) is 0 Å². The van der Waals surface area contributed by atoms with E-state index in [-0.39, 0.29) is 29.2 Å². The molecule has 4 rings (SSSR count). The molecule has 2 heterocycles. The molecule has 1 aromatic heterocycles. The third-order valence-electron chi connectivity index (χ3n) is 4.75. The van der Waals surface area contributed by atoms with Crippen LogP contribution in [0, 0.1) is 5.21 Å². The Labute approximate surface area is 156 Å². The third kappa shape index (κ3) is 2.93. The second-order valence-corrected chi connectivity index (χ2v) is 7.21. The summed E-state index contributed by atoms with van der Waals surface area (Å²) in [5.74, 6) is -0.773. The van der Waals surface area contributed by atoms with Crippen molar-refractivity contribution in [3.05, 3.63) is 65.0 Å². The van der Waals surface area contributed by atoms with Crippen LogP contribution in [0.25, 0.3) is 22.3 Å². The van der Waals surface area contributed by atoms with Crippen molar-refractivity contribution in [3.63, 3.8) is 0 Å². The van der Waals surface area contributed by atoms with E-state index in [1.54, 1.807) is 62.4 Å². The molecule has 0 fully saturated rings. The van der Waals surface area contributed by atoms with E-state index in [9.17, 15) is 14.8 Å². The van der Waals surface area contributed by atoms with E-state index in [2.05, 4.69) is 4.98 Å². The Balaban J connectivity index is 2.09. The Bertz CT molecular complexity index is 1090. The maximum Gasteiger partial charge on any atom is 0.339 e. The highest BCUT2D eigenvalue weighted by atomic mass is 16.6. The fraction of sp³-hybridized carbons (Fsp3) is 0.238. The molecule has 3 aromatic rings. The van der Waals surface area contributed by atoms with Crippen molar-refractivity contribution < 1.29 is 19.1 Å². The molecule has 0 N–H and O–H groups in total. The second kappa shape index (κ2) is 6.16. The number of carbonyl (C=O) groups is 2. The number of ketones is 1. The van der Waals surface area contributed by atoms with Crippen molar-refractivity contribution in [1.29, 1.82) is 0 Å². The van der Waals surface area contributed by atoms with Crippen LogP contribution in [0.15, 0.2) is 48.5 Å². The van der Waals surface area contributed by atoms with Crippen molar-refractivity contribution in [2.45, 2.75) is 32.3 Å². The normalized spacial score (nSPS) is 16.4. The molecule has 0 unspecified atom stereocenters. The van der Waals surface area contributed by atoms with Gasteiger partial charge in [0.1, 0.15) is 11.1 Å². The number of Topliss-reactive ketones (excluding diaryl/α,β-unsaturated/α-hetero) is 1. The highest BCUT2D eigenvalue weighted by Gasteiger charge is 2.34. The predicted molar refractivity (Wildman–Crippen MR) is 99.2 cm³/mol. The first kappa shape index (κ1) is 17.1. The van der Waals surface area contributed by atoms with E-state index in [0.717, 1.165) is 0 Å². The average molecular weight is 362 g/mol. The lowest BCUT2D eigenvalue weighted by atomic mass is 9.94. The van der Waals surface area contributed by atoms with Crippen LogP contribution in [-0.2, 0) is 4.74 Å². The van der Waals surface area contributed by atoms with Gasteiger partial charge in [0.25, 0.3) is 5.69 Å². The lowest BCUT2D eigenvalue weighted by Crippen LogP contribution is -2.36. The molecule has 27 heavy (non-hydrogen) atoms. The number of hydrogen-bond acceptors (Lipinski definition) is 5. The number of ether oxygens (including phenoxy) is 1. The summed E-state index contributed by atoms with van der Waals surface area (Å²) < 4.78 is 6.30. The summed E-state index contributed by atoms with van der Waals surface area (Å²) >= 11 is 0. The summed E-state index contributed by atoms with van der Waals surface area (Å²) in [7, 11) is 0. The first-order valence-electron chi connectivity index (χ1n) is 8.76. The number of nitrogens with zero attached hydrogens (tertiary/aromatic N) is 2. The Morgan fingerprint density at radius 2 is 1.70 bits per heavy atom. The number of rotatable bonds is 0. The Morgan fingerprint density at radius 1 is 1.04 bits per heavy atom. The average Bonchev–Trinajstić information content (AvgIpc) is 2.65. The van der Waals surface area contributed by atoms with E-state index in [4.69, 9.17) is 4.74 Å². The summed E-state index contributed by atoms with van der Waals surface area (Å²) in [6.07, 6.45) is 0.466.